The predicted octanol–water partition coefficient (Wildman–Crippen LogP) is 5.89. The third kappa shape index (κ3) is 5.25. The van der Waals surface area contributed by atoms with E-state index < -0.39 is 17.7 Å². The molecule has 1 N–H and O–H groups in total. The van der Waals surface area contributed by atoms with Crippen molar-refractivity contribution in [1.29, 1.82) is 0 Å². The molecule has 0 bridgehead atoms. The van der Waals surface area contributed by atoms with E-state index in [1.807, 2.05) is 54.6 Å². The van der Waals surface area contributed by atoms with Crippen LogP contribution in [0.1, 0.15) is 56.3 Å². The molecule has 0 aromatic heterocycles. The van der Waals surface area contributed by atoms with Crippen molar-refractivity contribution < 1.29 is 19.5 Å². The van der Waals surface area contributed by atoms with E-state index in [9.17, 15) is 9.90 Å². The van der Waals surface area contributed by atoms with Gasteiger partial charge < -0.3 is 14.7 Å². The second-order valence-electron chi connectivity index (χ2n) is 7.31. The maximum absolute atomic E-state index is 12.4. The number of carbonyl (C=O) groups is 1. The minimum absolute atomic E-state index is 0.224. The fraction of sp³-hybridized carbons (Fsp3) is 0.391. The van der Waals surface area contributed by atoms with Gasteiger partial charge in [-0.2, -0.15) is 0 Å². The molecule has 0 aliphatic carbocycles. The number of carboxylic acids is 1. The SMILES string of the molecule is CCCCCC1=NOC(C(=O)O)(C(OCc2ccccc2)c2ccc(Br)cc2)C1. The zero-order valence-electron chi connectivity index (χ0n) is 16.5. The van der Waals surface area contributed by atoms with Crippen molar-refractivity contribution in [2.45, 2.75) is 57.3 Å². The largest absolute Gasteiger partial charge is 0.478 e. The Kier molecular flexibility index (Phi) is 7.45. The lowest BCUT2D eigenvalue weighted by Gasteiger charge is -2.31. The molecule has 0 fully saturated rings. The Labute approximate surface area is 179 Å². The van der Waals surface area contributed by atoms with Gasteiger partial charge in [0, 0.05) is 10.9 Å². The van der Waals surface area contributed by atoms with Crippen molar-refractivity contribution in [2.75, 3.05) is 0 Å². The van der Waals surface area contributed by atoms with Crippen LogP contribution < -0.4 is 0 Å². The normalized spacial score (nSPS) is 19.4. The Balaban J connectivity index is 1.86. The third-order valence-corrected chi connectivity index (χ3v) is 5.62. The van der Waals surface area contributed by atoms with Gasteiger partial charge in [-0.05, 0) is 36.1 Å². The summed E-state index contributed by atoms with van der Waals surface area (Å²) in [6.45, 7) is 2.42. The van der Waals surface area contributed by atoms with Gasteiger partial charge in [0.05, 0.1) is 12.3 Å². The topological polar surface area (TPSA) is 68.1 Å². The second kappa shape index (κ2) is 10.0. The minimum atomic E-state index is -1.57. The highest BCUT2D eigenvalue weighted by Crippen LogP contribution is 2.41. The highest BCUT2D eigenvalue weighted by atomic mass is 79.9. The van der Waals surface area contributed by atoms with Crippen molar-refractivity contribution in [2.24, 2.45) is 5.16 Å². The molecule has 2 atom stereocenters. The van der Waals surface area contributed by atoms with Crippen LogP contribution in [-0.2, 0) is 21.0 Å². The first kappa shape index (κ1) is 21.5. The Morgan fingerprint density at radius 2 is 1.93 bits per heavy atom. The number of ether oxygens (including phenoxy) is 1. The zero-order valence-corrected chi connectivity index (χ0v) is 18.1. The highest BCUT2D eigenvalue weighted by molar-refractivity contribution is 9.10. The van der Waals surface area contributed by atoms with E-state index in [2.05, 4.69) is 28.0 Å². The average molecular weight is 460 g/mol. The van der Waals surface area contributed by atoms with Gasteiger partial charge in [-0.1, -0.05) is 83.3 Å². The Hall–Kier alpha value is -2.18. The van der Waals surface area contributed by atoms with E-state index in [0.717, 1.165) is 47.0 Å². The number of rotatable bonds is 10. The van der Waals surface area contributed by atoms with Gasteiger partial charge in [-0.25, -0.2) is 4.79 Å². The molecule has 5 nitrogen and oxygen atoms in total. The maximum atomic E-state index is 12.4. The summed E-state index contributed by atoms with van der Waals surface area (Å²) in [6, 6.07) is 17.2. The second-order valence-corrected chi connectivity index (χ2v) is 8.22. The van der Waals surface area contributed by atoms with E-state index in [-0.39, 0.29) is 13.0 Å². The molecule has 2 unspecified atom stereocenters. The Morgan fingerprint density at radius 3 is 2.59 bits per heavy atom. The molecule has 0 saturated carbocycles. The molecule has 6 heteroatoms. The summed E-state index contributed by atoms with van der Waals surface area (Å²) < 4.78 is 7.10. The van der Waals surface area contributed by atoms with E-state index in [1.54, 1.807) is 0 Å². The summed E-state index contributed by atoms with van der Waals surface area (Å²) in [6.07, 6.45) is 3.33. The van der Waals surface area contributed by atoms with Crippen LogP contribution in [0.3, 0.4) is 0 Å². The van der Waals surface area contributed by atoms with E-state index in [4.69, 9.17) is 9.57 Å². The smallest absolute Gasteiger partial charge is 0.354 e. The number of halogens is 1. The lowest BCUT2D eigenvalue weighted by Crippen LogP contribution is -2.46. The van der Waals surface area contributed by atoms with Gasteiger partial charge >= 0.3 is 5.97 Å². The van der Waals surface area contributed by atoms with Crippen LogP contribution in [0.15, 0.2) is 64.2 Å². The summed E-state index contributed by atoms with van der Waals surface area (Å²) in [5, 5.41) is 14.3. The average Bonchev–Trinajstić information content (AvgIpc) is 3.16. The molecule has 1 aliphatic rings. The molecule has 1 heterocycles. The molecule has 0 amide bonds. The van der Waals surface area contributed by atoms with Crippen molar-refractivity contribution in [3.05, 3.63) is 70.2 Å². The quantitative estimate of drug-likeness (QED) is 0.449. The van der Waals surface area contributed by atoms with Gasteiger partial charge in [-0.15, -0.1) is 0 Å². The van der Waals surface area contributed by atoms with Gasteiger partial charge in [-0.3, -0.25) is 0 Å². The van der Waals surface area contributed by atoms with Crippen LogP contribution in [0.2, 0.25) is 0 Å². The van der Waals surface area contributed by atoms with Crippen LogP contribution >= 0.6 is 15.9 Å². The van der Waals surface area contributed by atoms with Gasteiger partial charge in [0.1, 0.15) is 6.10 Å². The van der Waals surface area contributed by atoms with Crippen molar-refractivity contribution >= 4 is 27.6 Å². The highest BCUT2D eigenvalue weighted by Gasteiger charge is 2.54. The number of nitrogens with zero attached hydrogens (tertiary/aromatic N) is 1. The summed E-state index contributed by atoms with van der Waals surface area (Å²) in [7, 11) is 0. The number of aliphatic carboxylic acids is 1. The molecule has 2 aromatic carbocycles. The van der Waals surface area contributed by atoms with Crippen molar-refractivity contribution in [3.8, 4) is 0 Å². The van der Waals surface area contributed by atoms with Crippen LogP contribution in [0.5, 0.6) is 0 Å². The van der Waals surface area contributed by atoms with Crippen LogP contribution in [0.25, 0.3) is 0 Å². The molecular formula is C23H26BrNO4. The number of hydrogen-bond donors (Lipinski definition) is 1. The Bertz CT molecular complexity index is 838. The predicted molar refractivity (Wildman–Crippen MR) is 116 cm³/mol. The molecule has 3 rings (SSSR count). The summed E-state index contributed by atoms with van der Waals surface area (Å²) in [5.74, 6) is -1.06. The van der Waals surface area contributed by atoms with E-state index in [1.165, 1.54) is 0 Å². The zero-order chi connectivity index (χ0) is 20.7. The fourth-order valence-electron chi connectivity index (χ4n) is 3.49. The molecule has 29 heavy (non-hydrogen) atoms. The van der Waals surface area contributed by atoms with E-state index in [0.29, 0.717) is 0 Å². The molecule has 154 valence electrons. The summed E-state index contributed by atoms with van der Waals surface area (Å²) >= 11 is 3.43. The third-order valence-electron chi connectivity index (χ3n) is 5.09. The lowest BCUT2D eigenvalue weighted by atomic mass is 9.85. The molecule has 2 aromatic rings. The number of carboxylic acid groups (broad SMARTS) is 1. The fourth-order valence-corrected chi connectivity index (χ4v) is 3.75. The molecular weight excluding hydrogens is 434 g/mol. The number of oxime groups is 1. The summed E-state index contributed by atoms with van der Waals surface area (Å²) in [4.78, 5) is 18.0. The van der Waals surface area contributed by atoms with Crippen LogP contribution in [0.4, 0.5) is 0 Å². The first-order valence-electron chi connectivity index (χ1n) is 9.93. The van der Waals surface area contributed by atoms with Gasteiger partial charge in [0.25, 0.3) is 5.60 Å². The number of unbranched alkanes of at least 4 members (excludes halogenated alkanes) is 2. The first-order valence-corrected chi connectivity index (χ1v) is 10.7. The first-order chi connectivity index (χ1) is 14.0. The van der Waals surface area contributed by atoms with Gasteiger partial charge in [0.2, 0.25) is 0 Å². The molecule has 0 saturated heterocycles. The lowest BCUT2D eigenvalue weighted by molar-refractivity contribution is -0.187. The summed E-state index contributed by atoms with van der Waals surface area (Å²) in [5.41, 5.74) is 0.935. The van der Waals surface area contributed by atoms with Gasteiger partial charge in [0.15, 0.2) is 0 Å². The van der Waals surface area contributed by atoms with Crippen LogP contribution in [-0.4, -0.2) is 22.4 Å². The van der Waals surface area contributed by atoms with Crippen molar-refractivity contribution in [1.82, 2.24) is 0 Å². The number of benzene rings is 2. The molecule has 0 radical (unpaired) electrons. The van der Waals surface area contributed by atoms with Crippen LogP contribution in [0, 0.1) is 0 Å². The van der Waals surface area contributed by atoms with Crippen molar-refractivity contribution in [3.63, 3.8) is 0 Å². The molecule has 0 spiro atoms. The number of hydrogen-bond acceptors (Lipinski definition) is 4. The standard InChI is InChI=1S/C23H26BrNO4/c1-2-3-5-10-20-15-23(22(26)27,29-25-20)21(18-11-13-19(24)14-12-18)28-16-17-8-6-4-7-9-17/h4,6-9,11-14,21H,2-3,5,10,15-16H2,1H3,(H,26,27). The van der Waals surface area contributed by atoms with E-state index >= 15 is 0 Å². The molecule has 1 aliphatic heterocycles. The Morgan fingerprint density at radius 1 is 1.21 bits per heavy atom. The maximum Gasteiger partial charge on any atom is 0.354 e. The monoisotopic (exact) mass is 459 g/mol. The minimum Gasteiger partial charge on any atom is -0.478 e.